The van der Waals surface area contributed by atoms with Gasteiger partial charge < -0.3 is 15.2 Å². The molecule has 1 fully saturated rings. The molecule has 0 spiro atoms. The van der Waals surface area contributed by atoms with Gasteiger partial charge >= 0.3 is 0 Å². The predicted molar refractivity (Wildman–Crippen MR) is 83.9 cm³/mol. The third-order valence-electron chi connectivity index (χ3n) is 3.44. The smallest absolute Gasteiger partial charge is 0.244 e. The number of nitrogens with zero attached hydrogens (tertiary/aromatic N) is 1. The van der Waals surface area contributed by atoms with Crippen molar-refractivity contribution < 1.29 is 17.9 Å². The number of hydrogen-bond donors (Lipinski definition) is 1. The van der Waals surface area contributed by atoms with E-state index in [-0.39, 0.29) is 40.9 Å². The molecule has 2 rings (SSSR count). The van der Waals surface area contributed by atoms with Crippen LogP contribution in [0.25, 0.3) is 0 Å². The molecule has 2 N–H and O–H groups in total. The van der Waals surface area contributed by atoms with E-state index in [0.29, 0.717) is 4.47 Å². The fourth-order valence-electron chi connectivity index (χ4n) is 2.27. The van der Waals surface area contributed by atoms with E-state index in [1.807, 2.05) is 0 Å². The maximum Gasteiger partial charge on any atom is 0.244 e. The Hall–Kier alpha value is -0.380. The van der Waals surface area contributed by atoms with Crippen molar-refractivity contribution in [3.8, 4) is 0 Å². The lowest BCUT2D eigenvalue weighted by molar-refractivity contribution is -0.00461. The number of benzene rings is 1. The second kappa shape index (κ2) is 6.39. The first kappa shape index (κ1) is 17.0. The summed E-state index contributed by atoms with van der Waals surface area (Å²) in [6, 6.07) is 2.86. The molecule has 21 heavy (non-hydrogen) atoms. The van der Waals surface area contributed by atoms with E-state index >= 15 is 0 Å². The SMILES string of the molecule is COC1CN(S(=O)(=O)c2cc(Cl)cc(N)c2Br)CC1OC. The van der Waals surface area contributed by atoms with E-state index in [1.54, 1.807) is 0 Å². The standard InChI is InChI=1S/C12H16BrClN2O4S/c1-19-9-5-16(6-10(9)20-2)21(17,18)11-4-7(14)3-8(15)12(11)13/h3-4,9-10H,5-6,15H2,1-2H3. The molecule has 1 aliphatic rings. The van der Waals surface area contributed by atoms with Gasteiger partial charge in [0.25, 0.3) is 0 Å². The second-order valence-electron chi connectivity index (χ2n) is 4.68. The maximum atomic E-state index is 12.8. The zero-order valence-electron chi connectivity index (χ0n) is 11.5. The summed E-state index contributed by atoms with van der Waals surface area (Å²) in [5, 5.41) is 0.264. The molecule has 6 nitrogen and oxygen atoms in total. The van der Waals surface area contributed by atoms with Crippen LogP contribution in [0.2, 0.25) is 5.02 Å². The van der Waals surface area contributed by atoms with Crippen molar-refractivity contribution in [1.29, 1.82) is 0 Å². The average molecular weight is 400 g/mol. The Morgan fingerprint density at radius 1 is 1.29 bits per heavy atom. The number of rotatable bonds is 4. The van der Waals surface area contributed by atoms with Gasteiger partial charge in [0, 0.05) is 38.0 Å². The summed E-state index contributed by atoms with van der Waals surface area (Å²) in [4.78, 5) is 0.0408. The lowest BCUT2D eigenvalue weighted by Gasteiger charge is -2.18. The largest absolute Gasteiger partial charge is 0.398 e. The van der Waals surface area contributed by atoms with Crippen LogP contribution < -0.4 is 5.73 Å². The molecule has 2 unspecified atom stereocenters. The van der Waals surface area contributed by atoms with Gasteiger partial charge in [0.05, 0.1) is 21.6 Å². The number of nitrogens with two attached hydrogens (primary N) is 1. The van der Waals surface area contributed by atoms with Gasteiger partial charge in [-0.3, -0.25) is 0 Å². The zero-order chi connectivity index (χ0) is 15.8. The molecule has 0 aliphatic carbocycles. The van der Waals surface area contributed by atoms with E-state index in [0.717, 1.165) is 0 Å². The van der Waals surface area contributed by atoms with Crippen molar-refractivity contribution in [2.45, 2.75) is 17.1 Å². The molecule has 0 saturated carbocycles. The highest BCUT2D eigenvalue weighted by atomic mass is 79.9. The Labute approximate surface area is 137 Å². The Morgan fingerprint density at radius 3 is 2.29 bits per heavy atom. The minimum atomic E-state index is -3.74. The summed E-state index contributed by atoms with van der Waals surface area (Å²) in [6.45, 7) is 0.437. The minimum absolute atomic E-state index is 0.0408. The highest BCUT2D eigenvalue weighted by Crippen LogP contribution is 2.34. The maximum absolute atomic E-state index is 12.8. The van der Waals surface area contributed by atoms with Gasteiger partial charge in [0.1, 0.15) is 0 Å². The van der Waals surface area contributed by atoms with E-state index in [9.17, 15) is 8.42 Å². The van der Waals surface area contributed by atoms with Crippen LogP contribution in [0, 0.1) is 0 Å². The number of hydrogen-bond acceptors (Lipinski definition) is 5. The Balaban J connectivity index is 2.40. The van der Waals surface area contributed by atoms with E-state index in [4.69, 9.17) is 26.8 Å². The summed E-state index contributed by atoms with van der Waals surface area (Å²) in [5.41, 5.74) is 6.03. The number of nitrogen functional groups attached to an aromatic ring is 1. The summed E-state index contributed by atoms with van der Waals surface area (Å²) < 4.78 is 37.6. The van der Waals surface area contributed by atoms with Gasteiger partial charge in [-0.2, -0.15) is 4.31 Å². The summed E-state index contributed by atoms with van der Waals surface area (Å²) in [5.74, 6) is 0. The third-order valence-corrected chi connectivity index (χ3v) is 6.66. The second-order valence-corrected chi connectivity index (χ2v) is 7.81. The monoisotopic (exact) mass is 398 g/mol. The van der Waals surface area contributed by atoms with Gasteiger partial charge in [0.15, 0.2) is 0 Å². The first-order valence-corrected chi connectivity index (χ1v) is 8.72. The van der Waals surface area contributed by atoms with Crippen molar-refractivity contribution in [3.63, 3.8) is 0 Å². The number of sulfonamides is 1. The summed E-state index contributed by atoms with van der Waals surface area (Å²) in [7, 11) is -0.683. The Morgan fingerprint density at radius 2 is 1.81 bits per heavy atom. The van der Waals surface area contributed by atoms with Crippen LogP contribution in [-0.4, -0.2) is 52.2 Å². The summed E-state index contributed by atoms with van der Waals surface area (Å²) in [6.07, 6.45) is -0.611. The van der Waals surface area contributed by atoms with Gasteiger partial charge in [-0.15, -0.1) is 0 Å². The van der Waals surface area contributed by atoms with Gasteiger partial charge in [-0.05, 0) is 28.1 Å². The molecule has 1 aliphatic heterocycles. The topological polar surface area (TPSA) is 81.9 Å². The van der Waals surface area contributed by atoms with Crippen molar-refractivity contribution in [2.24, 2.45) is 0 Å². The van der Waals surface area contributed by atoms with Crippen molar-refractivity contribution in [1.82, 2.24) is 4.31 Å². The number of anilines is 1. The van der Waals surface area contributed by atoms with Crippen LogP contribution in [0.15, 0.2) is 21.5 Å². The number of methoxy groups -OCH3 is 2. The minimum Gasteiger partial charge on any atom is -0.398 e. The van der Waals surface area contributed by atoms with Crippen LogP contribution in [-0.2, 0) is 19.5 Å². The molecule has 0 bridgehead atoms. The highest BCUT2D eigenvalue weighted by Gasteiger charge is 2.40. The van der Waals surface area contributed by atoms with Crippen LogP contribution >= 0.6 is 27.5 Å². The first-order chi connectivity index (χ1) is 9.81. The molecule has 118 valence electrons. The highest BCUT2D eigenvalue weighted by molar-refractivity contribution is 9.10. The normalized spacial score (nSPS) is 23.6. The molecule has 0 radical (unpaired) electrons. The van der Waals surface area contributed by atoms with Crippen molar-refractivity contribution >= 4 is 43.2 Å². The van der Waals surface area contributed by atoms with E-state index < -0.39 is 10.0 Å². The Kier molecular flexibility index (Phi) is 5.17. The third kappa shape index (κ3) is 3.20. The molecule has 1 heterocycles. The molecule has 1 saturated heterocycles. The van der Waals surface area contributed by atoms with Gasteiger partial charge in [-0.25, -0.2) is 8.42 Å². The molecule has 1 aromatic rings. The van der Waals surface area contributed by atoms with Crippen molar-refractivity contribution in [3.05, 3.63) is 21.6 Å². The van der Waals surface area contributed by atoms with Crippen LogP contribution in [0.1, 0.15) is 0 Å². The fraction of sp³-hybridized carbons (Fsp3) is 0.500. The number of halogens is 2. The average Bonchev–Trinajstić information content (AvgIpc) is 2.86. The number of ether oxygens (including phenoxy) is 2. The predicted octanol–water partition coefficient (Wildman–Crippen LogP) is 1.72. The van der Waals surface area contributed by atoms with Crippen LogP contribution in [0.5, 0.6) is 0 Å². The van der Waals surface area contributed by atoms with Crippen molar-refractivity contribution in [2.75, 3.05) is 33.0 Å². The first-order valence-electron chi connectivity index (χ1n) is 6.11. The van der Waals surface area contributed by atoms with E-state index in [2.05, 4.69) is 15.9 Å². The molecular formula is C12H16BrClN2O4S. The molecule has 0 amide bonds. The molecule has 1 aromatic carbocycles. The van der Waals surface area contributed by atoms with Crippen LogP contribution in [0.3, 0.4) is 0 Å². The van der Waals surface area contributed by atoms with E-state index in [1.165, 1.54) is 30.7 Å². The van der Waals surface area contributed by atoms with Gasteiger partial charge in [0.2, 0.25) is 10.0 Å². The molecular weight excluding hydrogens is 384 g/mol. The molecule has 0 aromatic heterocycles. The quantitative estimate of drug-likeness (QED) is 0.780. The van der Waals surface area contributed by atoms with Gasteiger partial charge in [-0.1, -0.05) is 11.6 Å². The molecule has 2 atom stereocenters. The Bertz CT molecular complexity index is 628. The lowest BCUT2D eigenvalue weighted by atomic mass is 10.3. The van der Waals surface area contributed by atoms with Crippen LogP contribution in [0.4, 0.5) is 5.69 Å². The molecule has 9 heteroatoms. The lowest BCUT2D eigenvalue weighted by Crippen LogP contribution is -2.30. The zero-order valence-corrected chi connectivity index (χ0v) is 14.7. The summed E-state index contributed by atoms with van der Waals surface area (Å²) >= 11 is 9.12. The fourth-order valence-corrected chi connectivity index (χ4v) is 4.99.